The largest absolute Gasteiger partial charge is 0.497 e. The fourth-order valence-corrected chi connectivity index (χ4v) is 2.07. The first-order valence-corrected chi connectivity index (χ1v) is 6.58. The summed E-state index contributed by atoms with van der Waals surface area (Å²) in [5, 5.41) is 2.67. The first-order valence-electron chi connectivity index (χ1n) is 6.58. The maximum Gasteiger partial charge on any atom is 0.275 e. The maximum atomic E-state index is 12.0. The molecule has 0 saturated heterocycles. The van der Waals surface area contributed by atoms with Gasteiger partial charge in [-0.15, -0.1) is 0 Å². The normalized spacial score (nSPS) is 15.6. The number of hydrogen-bond acceptors (Lipinski definition) is 5. The lowest BCUT2D eigenvalue weighted by atomic mass is 10.1. The van der Waals surface area contributed by atoms with E-state index >= 15 is 0 Å². The van der Waals surface area contributed by atoms with Gasteiger partial charge in [0, 0.05) is 6.07 Å². The molecule has 1 aliphatic heterocycles. The number of nitrogens with zero attached hydrogens (tertiary/aromatic N) is 1. The van der Waals surface area contributed by atoms with E-state index in [1.54, 1.807) is 50.6 Å². The molecule has 0 fully saturated rings. The van der Waals surface area contributed by atoms with Gasteiger partial charge in [-0.25, -0.2) is 4.99 Å². The summed E-state index contributed by atoms with van der Waals surface area (Å²) in [6.45, 7) is 0. The molecule has 6 nitrogen and oxygen atoms in total. The van der Waals surface area contributed by atoms with Crippen molar-refractivity contribution in [2.24, 2.45) is 4.99 Å². The first-order chi connectivity index (χ1) is 10.7. The second kappa shape index (κ2) is 5.77. The molecule has 2 heterocycles. The molecule has 0 bridgehead atoms. The van der Waals surface area contributed by atoms with Gasteiger partial charge >= 0.3 is 0 Å². The highest BCUT2D eigenvalue weighted by Gasteiger charge is 2.22. The number of aliphatic imine (C=N–C) groups is 1. The highest BCUT2D eigenvalue weighted by atomic mass is 16.5. The van der Waals surface area contributed by atoms with Crippen LogP contribution in [-0.4, -0.2) is 26.0 Å². The van der Waals surface area contributed by atoms with Crippen LogP contribution in [0.2, 0.25) is 0 Å². The van der Waals surface area contributed by atoms with Crippen molar-refractivity contribution in [3.05, 3.63) is 53.6 Å². The highest BCUT2D eigenvalue weighted by Crippen LogP contribution is 2.25. The summed E-state index contributed by atoms with van der Waals surface area (Å²) >= 11 is 0. The van der Waals surface area contributed by atoms with Gasteiger partial charge in [-0.2, -0.15) is 0 Å². The minimum atomic E-state index is -0.284. The topological polar surface area (TPSA) is 73.1 Å². The fourth-order valence-electron chi connectivity index (χ4n) is 2.07. The Morgan fingerprint density at radius 3 is 2.50 bits per heavy atom. The molecule has 0 spiro atoms. The van der Waals surface area contributed by atoms with E-state index in [1.165, 1.54) is 6.26 Å². The lowest BCUT2D eigenvalue weighted by Gasteiger charge is -2.05. The number of rotatable bonds is 4. The van der Waals surface area contributed by atoms with Gasteiger partial charge in [0.25, 0.3) is 5.91 Å². The summed E-state index contributed by atoms with van der Waals surface area (Å²) in [5.74, 6) is 1.91. The molecule has 1 N–H and O–H groups in total. The Morgan fingerprint density at radius 2 is 1.91 bits per heavy atom. The summed E-state index contributed by atoms with van der Waals surface area (Å²) in [4.78, 5) is 16.3. The van der Waals surface area contributed by atoms with E-state index in [4.69, 9.17) is 13.9 Å². The molecule has 0 unspecified atom stereocenters. The van der Waals surface area contributed by atoms with Crippen LogP contribution in [0.4, 0.5) is 0 Å². The summed E-state index contributed by atoms with van der Waals surface area (Å²) in [7, 11) is 3.14. The molecule has 22 heavy (non-hydrogen) atoms. The van der Waals surface area contributed by atoms with Crippen molar-refractivity contribution < 1.29 is 18.7 Å². The van der Waals surface area contributed by atoms with E-state index in [9.17, 15) is 4.79 Å². The zero-order chi connectivity index (χ0) is 15.5. The maximum absolute atomic E-state index is 12.0. The summed E-state index contributed by atoms with van der Waals surface area (Å²) in [5.41, 5.74) is 1.05. The smallest absolute Gasteiger partial charge is 0.275 e. The number of carbonyl (C=O) groups is 1. The van der Waals surface area contributed by atoms with E-state index < -0.39 is 0 Å². The van der Waals surface area contributed by atoms with Crippen molar-refractivity contribution in [1.29, 1.82) is 0 Å². The van der Waals surface area contributed by atoms with Crippen LogP contribution < -0.4 is 14.8 Å². The van der Waals surface area contributed by atoms with Crippen LogP contribution in [0, 0.1) is 0 Å². The molecule has 3 rings (SSSR count). The zero-order valence-electron chi connectivity index (χ0n) is 12.1. The number of amidine groups is 1. The highest BCUT2D eigenvalue weighted by molar-refractivity contribution is 6.18. The van der Waals surface area contributed by atoms with Crippen molar-refractivity contribution in [1.82, 2.24) is 5.32 Å². The van der Waals surface area contributed by atoms with Crippen LogP contribution >= 0.6 is 0 Å². The van der Waals surface area contributed by atoms with Crippen LogP contribution in [0.5, 0.6) is 11.5 Å². The van der Waals surface area contributed by atoms with Crippen molar-refractivity contribution in [2.75, 3.05) is 14.2 Å². The lowest BCUT2D eigenvalue weighted by Crippen LogP contribution is -2.24. The molecule has 0 saturated carbocycles. The number of benzene rings is 1. The standard InChI is InChI=1S/C16H14N2O4/c1-20-11-6-10(7-12(9-11)21-2)8-13-16(19)18-15(17-13)14-4-3-5-22-14/h3-9H,1-2H3,(H,17,18,19)/b13-8+. The second-order valence-corrected chi connectivity index (χ2v) is 4.57. The monoisotopic (exact) mass is 298 g/mol. The number of hydrogen-bond donors (Lipinski definition) is 1. The Kier molecular flexibility index (Phi) is 3.65. The molecule has 6 heteroatoms. The minimum Gasteiger partial charge on any atom is -0.497 e. The van der Waals surface area contributed by atoms with Gasteiger partial charge in [0.05, 0.1) is 20.5 Å². The molecule has 0 aliphatic carbocycles. The molecular weight excluding hydrogens is 284 g/mol. The van der Waals surface area contributed by atoms with Crippen LogP contribution in [0.15, 0.2) is 51.7 Å². The van der Waals surface area contributed by atoms with Gasteiger partial charge in [0.1, 0.15) is 17.2 Å². The third kappa shape index (κ3) is 2.71. The van der Waals surface area contributed by atoms with Gasteiger partial charge in [0.15, 0.2) is 11.6 Å². The van der Waals surface area contributed by atoms with Gasteiger partial charge in [-0.1, -0.05) is 0 Å². The second-order valence-electron chi connectivity index (χ2n) is 4.57. The Labute approximate surface area is 127 Å². The lowest BCUT2D eigenvalue weighted by molar-refractivity contribution is -0.115. The molecule has 1 amide bonds. The molecule has 1 aliphatic rings. The van der Waals surface area contributed by atoms with Crippen molar-refractivity contribution in [3.8, 4) is 11.5 Å². The average Bonchev–Trinajstić information content (AvgIpc) is 3.17. The number of amides is 1. The average molecular weight is 298 g/mol. The van der Waals surface area contributed by atoms with Crippen LogP contribution in [0.25, 0.3) is 6.08 Å². The summed E-state index contributed by atoms with van der Waals surface area (Å²) in [6.07, 6.45) is 3.19. The number of ether oxygens (including phenoxy) is 2. The van der Waals surface area contributed by atoms with Crippen molar-refractivity contribution >= 4 is 17.8 Å². The van der Waals surface area contributed by atoms with Crippen molar-refractivity contribution in [3.63, 3.8) is 0 Å². The van der Waals surface area contributed by atoms with Crippen LogP contribution in [0.3, 0.4) is 0 Å². The number of carbonyl (C=O) groups excluding carboxylic acids is 1. The molecule has 0 radical (unpaired) electrons. The third-order valence-corrected chi connectivity index (χ3v) is 3.13. The Morgan fingerprint density at radius 1 is 1.18 bits per heavy atom. The fraction of sp³-hybridized carbons (Fsp3) is 0.125. The molecule has 2 aromatic rings. The predicted molar refractivity (Wildman–Crippen MR) is 80.9 cm³/mol. The number of furan rings is 1. The van der Waals surface area contributed by atoms with Gasteiger partial charge in [-0.3, -0.25) is 4.79 Å². The van der Waals surface area contributed by atoms with Crippen molar-refractivity contribution in [2.45, 2.75) is 0 Å². The van der Waals surface area contributed by atoms with Gasteiger partial charge < -0.3 is 19.2 Å². The zero-order valence-corrected chi connectivity index (χ0v) is 12.1. The molecule has 1 aromatic carbocycles. The number of methoxy groups -OCH3 is 2. The molecule has 0 atom stereocenters. The predicted octanol–water partition coefficient (Wildman–Crippen LogP) is 2.21. The van der Waals surface area contributed by atoms with Crippen LogP contribution in [0.1, 0.15) is 11.3 Å². The molecule has 1 aromatic heterocycles. The Balaban J connectivity index is 1.96. The quantitative estimate of drug-likeness (QED) is 0.878. The summed E-state index contributed by atoms with van der Waals surface area (Å²) < 4.78 is 15.6. The molecular formula is C16H14N2O4. The SMILES string of the molecule is COc1cc(/C=C2/N=C(c3ccco3)NC2=O)cc(OC)c1. The Bertz CT molecular complexity index is 738. The van der Waals surface area contributed by atoms with E-state index in [0.29, 0.717) is 28.8 Å². The molecule has 112 valence electrons. The summed E-state index contributed by atoms with van der Waals surface area (Å²) in [6, 6.07) is 8.82. The Hall–Kier alpha value is -3.02. The van der Waals surface area contributed by atoms with E-state index in [2.05, 4.69) is 10.3 Å². The number of nitrogens with one attached hydrogen (secondary N) is 1. The van der Waals surface area contributed by atoms with E-state index in [0.717, 1.165) is 5.56 Å². The van der Waals surface area contributed by atoms with E-state index in [1.807, 2.05) is 0 Å². The van der Waals surface area contributed by atoms with E-state index in [-0.39, 0.29) is 5.91 Å². The van der Waals surface area contributed by atoms with Gasteiger partial charge in [-0.05, 0) is 35.9 Å². The third-order valence-electron chi connectivity index (χ3n) is 3.13. The minimum absolute atomic E-state index is 0.284. The first kappa shape index (κ1) is 13.9. The van der Waals surface area contributed by atoms with Crippen LogP contribution in [-0.2, 0) is 4.79 Å². The van der Waals surface area contributed by atoms with Gasteiger partial charge in [0.2, 0.25) is 0 Å².